The maximum absolute atomic E-state index is 13.1. The van der Waals surface area contributed by atoms with Gasteiger partial charge in [-0.2, -0.15) is 13.2 Å². The molecule has 0 aromatic rings. The molecule has 0 aromatic heterocycles. The Bertz CT molecular complexity index is 467. The van der Waals surface area contributed by atoms with Gasteiger partial charge in [-0.15, -0.1) is 0 Å². The van der Waals surface area contributed by atoms with Crippen molar-refractivity contribution >= 4 is 0 Å². The maximum Gasteiger partial charge on any atom is 0.442 e. The van der Waals surface area contributed by atoms with Gasteiger partial charge in [-0.1, -0.05) is 19.8 Å². The average molecular weight is 378 g/mol. The van der Waals surface area contributed by atoms with Crippen molar-refractivity contribution in [2.24, 2.45) is 29.6 Å². The molecule has 3 aliphatic rings. The minimum absolute atomic E-state index is 0.209. The van der Waals surface area contributed by atoms with Crippen LogP contribution < -0.4 is 0 Å². The fourth-order valence-electron chi connectivity index (χ4n) is 4.72. The first-order chi connectivity index (χ1) is 12.3. The summed E-state index contributed by atoms with van der Waals surface area (Å²) < 4.78 is 62.0. The van der Waals surface area contributed by atoms with Crippen LogP contribution >= 0.6 is 0 Å². The summed E-state index contributed by atoms with van der Waals surface area (Å²) in [5.74, 6) is -0.0989. The molecule has 0 spiro atoms. The van der Waals surface area contributed by atoms with Crippen molar-refractivity contribution in [1.82, 2.24) is 0 Å². The molecule has 2 nitrogen and oxygen atoms in total. The molecule has 3 rings (SSSR count). The van der Waals surface area contributed by atoms with Crippen LogP contribution in [0, 0.1) is 29.6 Å². The Morgan fingerprint density at radius 1 is 0.808 bits per heavy atom. The van der Waals surface area contributed by atoms with Crippen molar-refractivity contribution in [2.75, 3.05) is 13.2 Å². The Kier molecular flexibility index (Phi) is 6.65. The fourth-order valence-corrected chi connectivity index (χ4v) is 4.72. The summed E-state index contributed by atoms with van der Waals surface area (Å²) >= 11 is 0. The number of hydrogen-bond donors (Lipinski definition) is 0. The highest BCUT2D eigenvalue weighted by Crippen LogP contribution is 2.39. The van der Waals surface area contributed by atoms with Crippen LogP contribution in [0.5, 0.6) is 0 Å². The lowest BCUT2D eigenvalue weighted by Gasteiger charge is -2.40. The number of rotatable bonds is 3. The Hall–Kier alpha value is -0.620. The zero-order chi connectivity index (χ0) is 18.7. The predicted octanol–water partition coefficient (Wildman–Crippen LogP) is 6.02. The van der Waals surface area contributed by atoms with Gasteiger partial charge >= 0.3 is 6.18 Å². The number of allylic oxidation sites excluding steroid dienone is 2. The third kappa shape index (κ3) is 5.22. The van der Waals surface area contributed by atoms with Crippen molar-refractivity contribution in [1.29, 1.82) is 0 Å². The molecule has 2 saturated carbocycles. The van der Waals surface area contributed by atoms with Gasteiger partial charge in [0.15, 0.2) is 12.1 Å². The molecule has 0 amide bonds. The highest BCUT2D eigenvalue weighted by molar-refractivity contribution is 5.03. The molecule has 1 saturated heterocycles. The summed E-state index contributed by atoms with van der Waals surface area (Å²) in [5, 5.41) is 0. The standard InChI is InChI=1S/C20H30F4O2/c1-13-2-6-15(7-3-13)17-11-25-19(26-12-17)16-8-4-14(5-9-16)10-18(21)20(22,23)24/h10,13-17,19H,2-9,11-12H2,1H3. The van der Waals surface area contributed by atoms with E-state index < -0.39 is 12.0 Å². The molecular weight excluding hydrogens is 348 g/mol. The Balaban J connectivity index is 1.41. The third-order valence-corrected chi connectivity index (χ3v) is 6.53. The van der Waals surface area contributed by atoms with Gasteiger partial charge in [-0.05, 0) is 62.4 Å². The lowest BCUT2D eigenvalue weighted by atomic mass is 9.76. The highest BCUT2D eigenvalue weighted by atomic mass is 19.4. The number of ether oxygens (including phenoxy) is 2. The smallest absolute Gasteiger partial charge is 0.352 e. The van der Waals surface area contributed by atoms with Crippen molar-refractivity contribution in [3.63, 3.8) is 0 Å². The second-order valence-electron chi connectivity index (χ2n) is 8.50. The normalized spacial score (nSPS) is 40.4. The molecule has 0 atom stereocenters. The minimum Gasteiger partial charge on any atom is -0.352 e. The largest absolute Gasteiger partial charge is 0.442 e. The average Bonchev–Trinajstić information content (AvgIpc) is 2.62. The van der Waals surface area contributed by atoms with Crippen LogP contribution in [-0.2, 0) is 9.47 Å². The zero-order valence-corrected chi connectivity index (χ0v) is 15.4. The second-order valence-corrected chi connectivity index (χ2v) is 8.50. The van der Waals surface area contributed by atoms with E-state index in [2.05, 4.69) is 6.92 Å². The van der Waals surface area contributed by atoms with Crippen molar-refractivity contribution in [3.8, 4) is 0 Å². The summed E-state index contributed by atoms with van der Waals surface area (Å²) in [4.78, 5) is 0. The van der Waals surface area contributed by atoms with E-state index in [1.807, 2.05) is 0 Å². The van der Waals surface area contributed by atoms with E-state index in [9.17, 15) is 17.6 Å². The van der Waals surface area contributed by atoms with Crippen LogP contribution in [0.15, 0.2) is 11.9 Å². The molecule has 0 aromatic carbocycles. The summed E-state index contributed by atoms with van der Waals surface area (Å²) in [6.45, 7) is 3.77. The quantitative estimate of drug-likeness (QED) is 0.559. The van der Waals surface area contributed by atoms with Gasteiger partial charge in [0.25, 0.3) is 0 Å². The number of alkyl halides is 3. The molecule has 3 fully saturated rings. The predicted molar refractivity (Wildman–Crippen MR) is 91.0 cm³/mol. The van der Waals surface area contributed by atoms with E-state index in [-0.39, 0.29) is 18.1 Å². The summed E-state index contributed by atoms with van der Waals surface area (Å²) in [5.41, 5.74) is 0. The fraction of sp³-hybridized carbons (Fsp3) is 0.900. The first-order valence-electron chi connectivity index (χ1n) is 10.0. The van der Waals surface area contributed by atoms with Crippen LogP contribution in [0.2, 0.25) is 0 Å². The molecule has 2 aliphatic carbocycles. The first-order valence-corrected chi connectivity index (χ1v) is 10.0. The number of hydrogen-bond acceptors (Lipinski definition) is 2. The van der Waals surface area contributed by atoms with Gasteiger partial charge in [-0.3, -0.25) is 0 Å². The van der Waals surface area contributed by atoms with Gasteiger partial charge in [0.2, 0.25) is 0 Å². The SMILES string of the molecule is CC1CCC(C2COC(C3CCC(C=C(F)C(F)(F)F)CC3)OC2)CC1. The van der Waals surface area contributed by atoms with E-state index in [0.29, 0.717) is 24.7 Å². The van der Waals surface area contributed by atoms with E-state index >= 15 is 0 Å². The number of halogens is 4. The maximum atomic E-state index is 13.1. The minimum atomic E-state index is -4.86. The van der Waals surface area contributed by atoms with Crippen LogP contribution in [-0.4, -0.2) is 25.7 Å². The molecule has 6 heteroatoms. The molecule has 1 aliphatic heterocycles. The summed E-state index contributed by atoms with van der Waals surface area (Å²) in [6, 6.07) is 0. The summed E-state index contributed by atoms with van der Waals surface area (Å²) in [7, 11) is 0. The van der Waals surface area contributed by atoms with Gasteiger partial charge in [0.05, 0.1) is 13.2 Å². The van der Waals surface area contributed by atoms with Crippen LogP contribution in [0.25, 0.3) is 0 Å². The lowest BCUT2D eigenvalue weighted by molar-refractivity contribution is -0.236. The molecule has 1 heterocycles. The Morgan fingerprint density at radius 3 is 1.88 bits per heavy atom. The van der Waals surface area contributed by atoms with E-state index in [0.717, 1.165) is 38.0 Å². The van der Waals surface area contributed by atoms with Gasteiger partial charge < -0.3 is 9.47 Å². The Morgan fingerprint density at radius 2 is 1.35 bits per heavy atom. The van der Waals surface area contributed by atoms with Crippen LogP contribution in [0.4, 0.5) is 17.6 Å². The molecule has 150 valence electrons. The van der Waals surface area contributed by atoms with E-state index in [1.54, 1.807) is 0 Å². The van der Waals surface area contributed by atoms with Crippen LogP contribution in [0.3, 0.4) is 0 Å². The first kappa shape index (κ1) is 20.1. The topological polar surface area (TPSA) is 18.5 Å². The van der Waals surface area contributed by atoms with Crippen molar-refractivity contribution in [2.45, 2.75) is 70.8 Å². The van der Waals surface area contributed by atoms with Crippen molar-refractivity contribution < 1.29 is 27.0 Å². The molecule has 0 bridgehead atoms. The molecule has 0 N–H and O–H groups in total. The van der Waals surface area contributed by atoms with Crippen LogP contribution in [0.1, 0.15) is 58.3 Å². The lowest BCUT2D eigenvalue weighted by Crippen LogP contribution is -2.41. The second kappa shape index (κ2) is 8.59. The molecular formula is C20H30F4O2. The molecule has 0 radical (unpaired) electrons. The monoisotopic (exact) mass is 378 g/mol. The zero-order valence-electron chi connectivity index (χ0n) is 15.4. The van der Waals surface area contributed by atoms with Gasteiger partial charge in [0.1, 0.15) is 0 Å². The van der Waals surface area contributed by atoms with E-state index in [4.69, 9.17) is 9.47 Å². The summed E-state index contributed by atoms with van der Waals surface area (Å²) in [6.07, 6.45) is 3.29. The Labute approximate surface area is 153 Å². The third-order valence-electron chi connectivity index (χ3n) is 6.53. The molecule has 26 heavy (non-hydrogen) atoms. The van der Waals surface area contributed by atoms with E-state index in [1.165, 1.54) is 25.7 Å². The molecule has 0 unspecified atom stereocenters. The van der Waals surface area contributed by atoms with Gasteiger partial charge in [-0.25, -0.2) is 4.39 Å². The van der Waals surface area contributed by atoms with Crippen molar-refractivity contribution in [3.05, 3.63) is 11.9 Å². The highest BCUT2D eigenvalue weighted by Gasteiger charge is 2.38. The van der Waals surface area contributed by atoms with Gasteiger partial charge in [0, 0.05) is 11.8 Å².